The van der Waals surface area contributed by atoms with E-state index in [2.05, 4.69) is 15.1 Å². The molecule has 3 aliphatic rings. The van der Waals surface area contributed by atoms with Gasteiger partial charge in [-0.25, -0.2) is 8.42 Å². The van der Waals surface area contributed by atoms with Crippen molar-refractivity contribution in [3.63, 3.8) is 0 Å². The molecule has 3 aliphatic heterocycles. The van der Waals surface area contributed by atoms with Crippen LogP contribution in [-0.4, -0.2) is 97.7 Å². The number of aromatic nitrogens is 1. The first kappa shape index (κ1) is 27.3. The fourth-order valence-corrected chi connectivity index (χ4v) is 7.85. The van der Waals surface area contributed by atoms with E-state index in [1.54, 1.807) is 17.7 Å². The summed E-state index contributed by atoms with van der Waals surface area (Å²) in [5.41, 5.74) is 0.800. The van der Waals surface area contributed by atoms with Gasteiger partial charge in [0.2, 0.25) is 0 Å². The molecule has 9 nitrogen and oxygen atoms in total. The van der Waals surface area contributed by atoms with Crippen LogP contribution in [0.25, 0.3) is 10.9 Å². The van der Waals surface area contributed by atoms with Gasteiger partial charge in [0.15, 0.2) is 9.84 Å². The lowest BCUT2D eigenvalue weighted by atomic mass is 9.96. The molecule has 2 bridgehead atoms. The van der Waals surface area contributed by atoms with Crippen LogP contribution in [0.1, 0.15) is 55.9 Å². The van der Waals surface area contributed by atoms with E-state index in [1.165, 1.54) is 0 Å². The Morgan fingerprint density at radius 3 is 2.37 bits per heavy atom. The molecular weight excluding hydrogens is 504 g/mol. The number of hydrogen-bond acceptors (Lipinski definition) is 7. The van der Waals surface area contributed by atoms with Crippen molar-refractivity contribution in [2.24, 2.45) is 0 Å². The fraction of sp³-hybridized carbons (Fsp3) is 0.643. The average molecular weight is 545 g/mol. The molecule has 3 saturated heterocycles. The molecule has 3 fully saturated rings. The van der Waals surface area contributed by atoms with Crippen LogP contribution in [0.5, 0.6) is 0 Å². The third-order valence-corrected chi connectivity index (χ3v) is 10.2. The number of hydrogen-bond donors (Lipinski definition) is 1. The zero-order chi connectivity index (χ0) is 27.0. The minimum Gasteiger partial charge on any atom is -0.379 e. The molecule has 1 aromatic carbocycles. The van der Waals surface area contributed by atoms with Gasteiger partial charge in [-0.15, -0.1) is 0 Å². The Bertz CT molecular complexity index is 1310. The summed E-state index contributed by atoms with van der Waals surface area (Å²) in [6.45, 7) is 6.59. The van der Waals surface area contributed by atoms with Crippen LogP contribution in [0.3, 0.4) is 0 Å². The SMILES string of the molecule is COC(CN1CCS(=O)(=O)CC1)CN1[C@@H]2CC[C@H]1CC(NC(=O)c1cc3ccccc3n(C(C)C)c1=O)C2. The highest BCUT2D eigenvalue weighted by Crippen LogP contribution is 2.36. The quantitative estimate of drug-likeness (QED) is 0.543. The molecule has 4 atom stereocenters. The van der Waals surface area contributed by atoms with Gasteiger partial charge in [-0.1, -0.05) is 18.2 Å². The highest BCUT2D eigenvalue weighted by molar-refractivity contribution is 7.91. The van der Waals surface area contributed by atoms with Crippen LogP contribution in [-0.2, 0) is 14.6 Å². The zero-order valence-corrected chi connectivity index (χ0v) is 23.5. The molecule has 0 aliphatic carbocycles. The number of methoxy groups -OCH3 is 1. The van der Waals surface area contributed by atoms with Crippen molar-refractivity contribution in [1.29, 1.82) is 0 Å². The van der Waals surface area contributed by atoms with E-state index in [-0.39, 0.29) is 46.7 Å². The lowest BCUT2D eigenvalue weighted by Crippen LogP contribution is -2.54. The number of nitrogens with one attached hydrogen (secondary N) is 1. The number of carbonyl (C=O) groups is 1. The van der Waals surface area contributed by atoms with E-state index >= 15 is 0 Å². The Labute approximate surface area is 225 Å². The number of sulfone groups is 1. The molecule has 2 unspecified atom stereocenters. The van der Waals surface area contributed by atoms with E-state index in [0.717, 1.165) is 49.7 Å². The van der Waals surface area contributed by atoms with Gasteiger partial charge in [0.05, 0.1) is 23.1 Å². The number of piperidine rings is 1. The molecule has 0 spiro atoms. The number of rotatable bonds is 8. The maximum absolute atomic E-state index is 13.4. The minimum atomic E-state index is -2.90. The van der Waals surface area contributed by atoms with Gasteiger partial charge in [0.25, 0.3) is 11.5 Å². The van der Waals surface area contributed by atoms with Crippen LogP contribution in [0, 0.1) is 0 Å². The molecule has 4 heterocycles. The maximum atomic E-state index is 13.4. The molecule has 0 saturated carbocycles. The number of para-hydroxylation sites is 1. The standard InChI is InChI=1S/C28H40N4O5S/c1-19(2)32-26-7-5-4-6-20(26)14-25(28(32)34)27(33)29-21-15-22-8-9-23(16-21)31(22)18-24(37-3)17-30-10-12-38(35,36)13-11-30/h4-7,14,19,21-24H,8-13,15-18H2,1-3H3,(H,29,33)/t21?,22-,23+,24?. The van der Waals surface area contributed by atoms with Gasteiger partial charge in [-0.05, 0) is 57.0 Å². The van der Waals surface area contributed by atoms with Gasteiger partial charge in [-0.2, -0.15) is 0 Å². The second-order valence-corrected chi connectivity index (χ2v) is 13.7. The predicted molar refractivity (Wildman–Crippen MR) is 148 cm³/mol. The smallest absolute Gasteiger partial charge is 0.264 e. The Balaban J connectivity index is 1.23. The first-order valence-corrected chi connectivity index (χ1v) is 15.6. The van der Waals surface area contributed by atoms with Crippen molar-refractivity contribution in [3.05, 3.63) is 46.2 Å². The molecule has 0 radical (unpaired) electrons. The van der Waals surface area contributed by atoms with Gasteiger partial charge >= 0.3 is 0 Å². The number of nitrogens with zero attached hydrogens (tertiary/aromatic N) is 3. The summed E-state index contributed by atoms with van der Waals surface area (Å²) in [6.07, 6.45) is 3.90. The summed E-state index contributed by atoms with van der Waals surface area (Å²) in [5, 5.41) is 4.08. The van der Waals surface area contributed by atoms with Crippen LogP contribution in [0.4, 0.5) is 0 Å². The van der Waals surface area contributed by atoms with Gasteiger partial charge in [-0.3, -0.25) is 19.4 Å². The molecule has 2 aromatic rings. The molecule has 1 amide bonds. The Morgan fingerprint density at radius 2 is 1.74 bits per heavy atom. The third-order valence-electron chi connectivity index (χ3n) is 8.57. The molecule has 5 rings (SSSR count). The lowest BCUT2D eigenvalue weighted by molar-refractivity contribution is 0.00878. The zero-order valence-electron chi connectivity index (χ0n) is 22.6. The summed E-state index contributed by atoms with van der Waals surface area (Å²) in [7, 11) is -1.17. The van der Waals surface area contributed by atoms with Gasteiger partial charge < -0.3 is 14.6 Å². The van der Waals surface area contributed by atoms with Crippen LogP contribution < -0.4 is 10.9 Å². The van der Waals surface area contributed by atoms with E-state index in [9.17, 15) is 18.0 Å². The summed E-state index contributed by atoms with van der Waals surface area (Å²) in [6, 6.07) is 10.1. The van der Waals surface area contributed by atoms with E-state index in [4.69, 9.17) is 4.74 Å². The third kappa shape index (κ3) is 5.68. The minimum absolute atomic E-state index is 0.0112. The Kier molecular flexibility index (Phi) is 7.96. The monoisotopic (exact) mass is 544 g/mol. The van der Waals surface area contributed by atoms with Gasteiger partial charge in [0.1, 0.15) is 5.56 Å². The van der Waals surface area contributed by atoms with E-state index in [1.807, 2.05) is 38.1 Å². The molecule has 10 heteroatoms. The van der Waals surface area contributed by atoms with Crippen molar-refractivity contribution in [2.45, 2.75) is 69.8 Å². The van der Waals surface area contributed by atoms with Crippen molar-refractivity contribution < 1.29 is 17.9 Å². The Hall–Kier alpha value is -2.27. The van der Waals surface area contributed by atoms with E-state index < -0.39 is 9.84 Å². The van der Waals surface area contributed by atoms with Gasteiger partial charge in [0, 0.05) is 57.5 Å². The normalized spacial score (nSPS) is 26.6. The molecule has 208 valence electrons. The van der Waals surface area contributed by atoms with Crippen molar-refractivity contribution in [2.75, 3.05) is 44.8 Å². The molecule has 1 aromatic heterocycles. The predicted octanol–water partition coefficient (Wildman–Crippen LogP) is 2.05. The number of ether oxygens (including phenoxy) is 1. The average Bonchev–Trinajstić information content (AvgIpc) is 3.10. The second-order valence-electron chi connectivity index (χ2n) is 11.4. The molecule has 38 heavy (non-hydrogen) atoms. The highest BCUT2D eigenvalue weighted by Gasteiger charge is 2.42. The van der Waals surface area contributed by atoms with Crippen molar-refractivity contribution in [1.82, 2.24) is 19.7 Å². The van der Waals surface area contributed by atoms with Crippen LogP contribution in [0.15, 0.2) is 35.1 Å². The largest absolute Gasteiger partial charge is 0.379 e. The van der Waals surface area contributed by atoms with Crippen molar-refractivity contribution >= 4 is 26.6 Å². The first-order chi connectivity index (χ1) is 18.1. The number of amides is 1. The summed E-state index contributed by atoms with van der Waals surface area (Å²) in [5.74, 6) is 0.154. The topological polar surface area (TPSA) is 101 Å². The molecular formula is C28H40N4O5S. The summed E-state index contributed by atoms with van der Waals surface area (Å²) < 4.78 is 31.1. The lowest BCUT2D eigenvalue weighted by Gasteiger charge is -2.41. The number of carbonyl (C=O) groups excluding carboxylic acids is 1. The first-order valence-electron chi connectivity index (χ1n) is 13.8. The number of benzene rings is 1. The fourth-order valence-electron chi connectivity index (χ4n) is 6.58. The molecule has 1 N–H and O–H groups in total. The summed E-state index contributed by atoms with van der Waals surface area (Å²) >= 11 is 0. The summed E-state index contributed by atoms with van der Waals surface area (Å²) in [4.78, 5) is 31.4. The second kappa shape index (κ2) is 11.1. The number of fused-ring (bicyclic) bond motifs is 3. The Morgan fingerprint density at radius 1 is 1.08 bits per heavy atom. The van der Waals surface area contributed by atoms with E-state index in [0.29, 0.717) is 25.2 Å². The number of pyridine rings is 1. The van der Waals surface area contributed by atoms with Crippen LogP contribution in [0.2, 0.25) is 0 Å². The van der Waals surface area contributed by atoms with Crippen molar-refractivity contribution in [3.8, 4) is 0 Å². The highest BCUT2D eigenvalue weighted by atomic mass is 32.2. The maximum Gasteiger partial charge on any atom is 0.264 e. The van der Waals surface area contributed by atoms with Crippen LogP contribution >= 0.6 is 0 Å².